The van der Waals surface area contributed by atoms with Gasteiger partial charge in [0.25, 0.3) is 11.8 Å². The van der Waals surface area contributed by atoms with Crippen molar-refractivity contribution in [2.24, 2.45) is 5.16 Å². The zero-order valence-corrected chi connectivity index (χ0v) is 45.4. The van der Waals surface area contributed by atoms with Gasteiger partial charge in [-0.3, -0.25) is 14.5 Å². The minimum Gasteiger partial charge on any atom is -0.497 e. The Balaban J connectivity index is 0.949. The summed E-state index contributed by atoms with van der Waals surface area (Å²) in [6.45, 7) is 1.88. The molecule has 79 heavy (non-hydrogen) atoms. The molecule has 0 radical (unpaired) electrons. The molecule has 12 nitrogen and oxygen atoms in total. The molecule has 2 atom stereocenters. The number of thiazole rings is 2. The first kappa shape index (κ1) is 52.2. The van der Waals surface area contributed by atoms with Crippen LogP contribution in [0, 0.1) is 6.92 Å². The number of hydrogen-bond donors (Lipinski definition) is 2. The van der Waals surface area contributed by atoms with E-state index in [0.29, 0.717) is 28.0 Å². The van der Waals surface area contributed by atoms with Crippen molar-refractivity contribution < 1.29 is 28.7 Å². The predicted octanol–water partition coefficient (Wildman–Crippen LogP) is 12.4. The molecule has 1 unspecified atom stereocenters. The van der Waals surface area contributed by atoms with Crippen LogP contribution >= 0.6 is 34.4 Å². The third-order valence-corrected chi connectivity index (χ3v) is 16.8. The standard InChI is InChI=1S/C64H52N6O6S3/c1-42-54(79-41-65-42)37-34-46-39-77-61-57(60(72)70(61)58(46)62(73)75-38-43-32-35-50(74-2)36-33-43)67-59(71)56(69-76-53-31-19-18-30-51(53)55(44-20-8-3-9-21-44)45-22-10-4-11-23-45)52-40-78-63(66-52)68-64(47-24-12-5-13-25-47,48-26-14-6-15-27-48)49-28-16-7-17-29-49/h3-37,40-41,55,57,61H,38-39H2,1-2H3,(H,66,68)(H,67,71)/t57?,61-/m0/s1. The summed E-state index contributed by atoms with van der Waals surface area (Å²) in [7, 11) is 1.58. The predicted molar refractivity (Wildman–Crippen MR) is 313 cm³/mol. The van der Waals surface area contributed by atoms with Gasteiger partial charge < -0.3 is 24.9 Å². The summed E-state index contributed by atoms with van der Waals surface area (Å²) in [5, 5.41) is 13.1. The second-order valence-corrected chi connectivity index (χ2v) is 21.5. The quantitative estimate of drug-likeness (QED) is 0.0264. The van der Waals surface area contributed by atoms with Crippen LogP contribution in [-0.4, -0.2) is 62.6 Å². The molecule has 0 spiro atoms. The van der Waals surface area contributed by atoms with Crippen LogP contribution in [0.5, 0.6) is 11.5 Å². The number of allylic oxidation sites excluding steroid dienone is 1. The number of para-hydroxylation sites is 1. The number of thioether (sulfide) groups is 1. The van der Waals surface area contributed by atoms with Gasteiger partial charge in [-0.25, -0.2) is 14.8 Å². The highest BCUT2D eigenvalue weighted by Gasteiger charge is 2.54. The minimum atomic E-state index is -1.05. The molecule has 392 valence electrons. The molecule has 0 saturated carbocycles. The summed E-state index contributed by atoms with van der Waals surface area (Å²) < 4.78 is 11.2. The summed E-state index contributed by atoms with van der Waals surface area (Å²) in [5.41, 5.74) is 8.98. The summed E-state index contributed by atoms with van der Waals surface area (Å²) in [4.78, 5) is 62.3. The highest BCUT2D eigenvalue weighted by atomic mass is 32.2. The first-order valence-electron chi connectivity index (χ1n) is 25.5. The lowest BCUT2D eigenvalue weighted by atomic mass is 9.77. The number of esters is 1. The molecule has 0 aliphatic carbocycles. The van der Waals surface area contributed by atoms with Crippen molar-refractivity contribution in [3.05, 3.63) is 284 Å². The van der Waals surface area contributed by atoms with Crippen LogP contribution in [0.2, 0.25) is 0 Å². The fourth-order valence-electron chi connectivity index (χ4n) is 9.88. The molecule has 11 rings (SSSR count). The zero-order valence-electron chi connectivity index (χ0n) is 43.0. The molecule has 1 fully saturated rings. The van der Waals surface area contributed by atoms with E-state index in [1.807, 2.05) is 146 Å². The molecule has 7 aromatic carbocycles. The maximum absolute atomic E-state index is 15.2. The Kier molecular flexibility index (Phi) is 15.7. The van der Waals surface area contributed by atoms with Crippen LogP contribution in [0.15, 0.2) is 234 Å². The van der Waals surface area contributed by atoms with Gasteiger partial charge in [0.2, 0.25) is 0 Å². The van der Waals surface area contributed by atoms with E-state index in [4.69, 9.17) is 19.3 Å². The van der Waals surface area contributed by atoms with E-state index in [-0.39, 0.29) is 29.6 Å². The van der Waals surface area contributed by atoms with Gasteiger partial charge in [0.15, 0.2) is 16.6 Å². The molecule has 2 amide bonds. The molecule has 2 aromatic heterocycles. The van der Waals surface area contributed by atoms with Crippen molar-refractivity contribution in [1.29, 1.82) is 0 Å². The number of oxime groups is 1. The molecule has 1 saturated heterocycles. The molecular formula is C64H52N6O6S3. The first-order valence-corrected chi connectivity index (χ1v) is 28.3. The number of aryl methyl sites for hydroxylation is 1. The average molecular weight is 1100 g/mol. The van der Waals surface area contributed by atoms with Gasteiger partial charge >= 0.3 is 5.97 Å². The lowest BCUT2D eigenvalue weighted by Gasteiger charge is -2.49. The Morgan fingerprint density at radius 1 is 0.747 bits per heavy atom. The second-order valence-electron chi connectivity index (χ2n) is 18.6. The number of rotatable bonds is 19. The lowest BCUT2D eigenvalue weighted by molar-refractivity contribution is -0.153. The fraction of sp³-hybridized carbons (Fsp3) is 0.125. The van der Waals surface area contributed by atoms with Crippen LogP contribution in [0.3, 0.4) is 0 Å². The Morgan fingerprint density at radius 2 is 1.33 bits per heavy atom. The monoisotopic (exact) mass is 1100 g/mol. The number of hydrogen-bond acceptors (Lipinski definition) is 13. The number of methoxy groups -OCH3 is 1. The molecule has 2 N–H and O–H groups in total. The van der Waals surface area contributed by atoms with E-state index in [2.05, 4.69) is 81.4 Å². The topological polar surface area (TPSA) is 144 Å². The Bertz CT molecular complexity index is 3550. The molecule has 0 bridgehead atoms. The van der Waals surface area contributed by atoms with Crippen molar-refractivity contribution >= 4 is 69.1 Å². The molecular weight excluding hydrogens is 1040 g/mol. The van der Waals surface area contributed by atoms with Crippen LogP contribution in [0.4, 0.5) is 5.13 Å². The number of nitrogens with one attached hydrogen (secondary N) is 2. The highest BCUT2D eigenvalue weighted by molar-refractivity contribution is 8.00. The van der Waals surface area contributed by atoms with E-state index in [9.17, 15) is 9.59 Å². The number of fused-ring (bicyclic) bond motifs is 1. The van der Waals surface area contributed by atoms with Crippen LogP contribution in [0.1, 0.15) is 61.1 Å². The molecule has 9 aromatic rings. The maximum Gasteiger partial charge on any atom is 0.355 e. The largest absolute Gasteiger partial charge is 0.497 e. The summed E-state index contributed by atoms with van der Waals surface area (Å²) in [5.74, 6) is -0.668. The number of carbonyl (C=O) groups excluding carboxylic acids is 3. The minimum absolute atomic E-state index is 0.0364. The third kappa shape index (κ3) is 11.0. The second kappa shape index (κ2) is 23.8. The highest BCUT2D eigenvalue weighted by Crippen LogP contribution is 2.44. The normalized spacial score (nSPS) is 15.4. The van der Waals surface area contributed by atoms with Crippen LogP contribution < -0.4 is 20.2 Å². The smallest absolute Gasteiger partial charge is 0.355 e. The van der Waals surface area contributed by atoms with Gasteiger partial charge in [0, 0.05) is 27.5 Å². The van der Waals surface area contributed by atoms with E-state index >= 15 is 4.79 Å². The number of β-lactam (4-membered cyclic amide) rings is 1. The lowest BCUT2D eigenvalue weighted by Crippen LogP contribution is -2.71. The zero-order chi connectivity index (χ0) is 54.1. The summed E-state index contributed by atoms with van der Waals surface area (Å²) >= 11 is 4.21. The summed E-state index contributed by atoms with van der Waals surface area (Å²) in [6, 6.07) is 64.5. The number of amides is 2. The average Bonchev–Trinajstić information content (AvgIpc) is 4.30. The fourth-order valence-corrected chi connectivity index (χ4v) is 12.6. The van der Waals surface area contributed by atoms with E-state index in [0.717, 1.165) is 49.5 Å². The van der Waals surface area contributed by atoms with Gasteiger partial charge in [-0.1, -0.05) is 193 Å². The van der Waals surface area contributed by atoms with Crippen molar-refractivity contribution in [3.63, 3.8) is 0 Å². The van der Waals surface area contributed by atoms with Gasteiger partial charge in [0.05, 0.1) is 18.3 Å². The van der Waals surface area contributed by atoms with E-state index in [1.54, 1.807) is 30.1 Å². The Labute approximate surface area is 470 Å². The molecule has 2 aliphatic rings. The molecule has 15 heteroatoms. The SMILES string of the molecule is COc1ccc(COC(=O)C2=C(C=Cc3scnc3C)CS[C@H]3C(NC(=O)C(=NOc4ccccc4C(c4ccccc4)c4ccccc4)c4csc(NC(c5ccccc5)(c5ccccc5)c5ccccc5)n4)C(=O)N23)cc1. The maximum atomic E-state index is 15.2. The number of ether oxygens (including phenoxy) is 2. The Hall–Kier alpha value is -8.89. The van der Waals surface area contributed by atoms with Crippen molar-refractivity contribution in [3.8, 4) is 11.5 Å². The van der Waals surface area contributed by atoms with E-state index < -0.39 is 34.7 Å². The van der Waals surface area contributed by atoms with Crippen LogP contribution in [0.25, 0.3) is 6.08 Å². The van der Waals surface area contributed by atoms with Gasteiger partial charge in [-0.2, -0.15) is 0 Å². The number of aromatic nitrogens is 2. The molecule has 4 heterocycles. The van der Waals surface area contributed by atoms with Crippen LogP contribution in [-0.2, 0) is 31.3 Å². The van der Waals surface area contributed by atoms with Crippen molar-refractivity contribution in [2.75, 3.05) is 18.2 Å². The number of benzene rings is 7. The first-order chi connectivity index (χ1) is 38.8. The number of nitrogens with zero attached hydrogens (tertiary/aromatic N) is 4. The Morgan fingerprint density at radius 3 is 1.91 bits per heavy atom. The van der Waals surface area contributed by atoms with Gasteiger partial charge in [0.1, 0.15) is 40.7 Å². The molecule has 2 aliphatic heterocycles. The van der Waals surface area contributed by atoms with Crippen molar-refractivity contribution in [1.82, 2.24) is 20.2 Å². The summed E-state index contributed by atoms with van der Waals surface area (Å²) in [6.07, 6.45) is 3.73. The van der Waals surface area contributed by atoms with E-state index in [1.165, 1.54) is 39.3 Å². The van der Waals surface area contributed by atoms with Gasteiger partial charge in [-0.15, -0.1) is 34.4 Å². The number of anilines is 1. The number of carbonyl (C=O) groups is 3. The van der Waals surface area contributed by atoms with Crippen molar-refractivity contribution in [2.45, 2.75) is 36.4 Å². The third-order valence-electron chi connectivity index (χ3n) is 13.8. The van der Waals surface area contributed by atoms with Gasteiger partial charge in [-0.05, 0) is 70.2 Å².